The Bertz CT molecular complexity index is 848. The van der Waals surface area contributed by atoms with Crippen molar-refractivity contribution < 1.29 is 9.47 Å². The van der Waals surface area contributed by atoms with Crippen LogP contribution in [0.2, 0.25) is 5.02 Å². The quantitative estimate of drug-likeness (QED) is 0.613. The molecule has 1 heterocycles. The van der Waals surface area contributed by atoms with Crippen LogP contribution in [0, 0.1) is 0 Å². The number of ether oxygens (including phenoxy) is 2. The predicted octanol–water partition coefficient (Wildman–Crippen LogP) is 4.43. The van der Waals surface area contributed by atoms with Crippen molar-refractivity contribution >= 4 is 33.9 Å². The molecule has 0 amide bonds. The highest BCUT2D eigenvalue weighted by molar-refractivity contribution is 6.31. The smallest absolute Gasteiger partial charge is 0.124 e. The number of nitrogens with one attached hydrogen (secondary N) is 2. The summed E-state index contributed by atoms with van der Waals surface area (Å²) < 4.78 is 10.6. The summed E-state index contributed by atoms with van der Waals surface area (Å²) in [5.41, 5.74) is 2.86. The topological polar surface area (TPSA) is 55.4 Å². The van der Waals surface area contributed by atoms with E-state index < -0.39 is 0 Å². The van der Waals surface area contributed by atoms with E-state index in [4.69, 9.17) is 21.1 Å². The van der Waals surface area contributed by atoms with E-state index in [9.17, 15) is 0 Å². The van der Waals surface area contributed by atoms with Crippen LogP contribution in [0.25, 0.3) is 10.9 Å². The van der Waals surface area contributed by atoms with Crippen molar-refractivity contribution in [2.45, 2.75) is 0 Å². The van der Waals surface area contributed by atoms with Crippen molar-refractivity contribution in [1.29, 1.82) is 0 Å². The van der Waals surface area contributed by atoms with Crippen LogP contribution in [0.4, 0.5) is 11.4 Å². The number of hydrogen-bond acceptors (Lipinski definition) is 5. The summed E-state index contributed by atoms with van der Waals surface area (Å²) in [6.45, 7) is 1.50. The van der Waals surface area contributed by atoms with Crippen molar-refractivity contribution in [2.24, 2.45) is 0 Å². The first-order chi connectivity index (χ1) is 12.2. The van der Waals surface area contributed by atoms with Crippen LogP contribution >= 0.6 is 11.6 Å². The first kappa shape index (κ1) is 17.2. The molecule has 2 N–H and O–H groups in total. The molecule has 3 aromatic rings. The minimum absolute atomic E-state index is 0.686. The highest BCUT2D eigenvalue weighted by atomic mass is 35.5. The molecule has 0 aliphatic rings. The van der Waals surface area contributed by atoms with Crippen LogP contribution in [0.1, 0.15) is 0 Å². The van der Waals surface area contributed by atoms with Crippen LogP contribution in [0.15, 0.2) is 48.7 Å². The first-order valence-corrected chi connectivity index (χ1v) is 8.32. The molecule has 25 heavy (non-hydrogen) atoms. The maximum Gasteiger partial charge on any atom is 0.124 e. The van der Waals surface area contributed by atoms with Gasteiger partial charge in [0.2, 0.25) is 0 Å². The zero-order chi connectivity index (χ0) is 17.6. The SMILES string of the molecule is COc1cc(NCCNc2ccnc3cc(Cl)ccc23)cc(OC)c1. The molecule has 0 bridgehead atoms. The Labute approximate surface area is 151 Å². The number of nitrogens with zero attached hydrogens (tertiary/aromatic N) is 1. The third-order valence-electron chi connectivity index (χ3n) is 3.83. The van der Waals surface area contributed by atoms with Gasteiger partial charge in [0, 0.05) is 59.3 Å². The predicted molar refractivity (Wildman–Crippen MR) is 103 cm³/mol. The van der Waals surface area contributed by atoms with Crippen LogP contribution in [0.3, 0.4) is 0 Å². The first-order valence-electron chi connectivity index (χ1n) is 7.94. The Kier molecular flexibility index (Phi) is 5.46. The molecule has 0 aliphatic heterocycles. The van der Waals surface area contributed by atoms with E-state index in [0.717, 1.165) is 46.9 Å². The number of methoxy groups -OCH3 is 2. The fourth-order valence-corrected chi connectivity index (χ4v) is 2.76. The van der Waals surface area contributed by atoms with Gasteiger partial charge in [-0.1, -0.05) is 11.6 Å². The summed E-state index contributed by atoms with van der Waals surface area (Å²) in [6, 6.07) is 13.4. The summed E-state index contributed by atoms with van der Waals surface area (Å²) in [4.78, 5) is 4.35. The van der Waals surface area contributed by atoms with Crippen molar-refractivity contribution in [1.82, 2.24) is 4.98 Å². The van der Waals surface area contributed by atoms with Gasteiger partial charge in [-0.3, -0.25) is 4.98 Å². The van der Waals surface area contributed by atoms with Gasteiger partial charge in [-0.25, -0.2) is 0 Å². The molecule has 0 fully saturated rings. The number of benzene rings is 2. The van der Waals surface area contributed by atoms with E-state index in [-0.39, 0.29) is 0 Å². The lowest BCUT2D eigenvalue weighted by Gasteiger charge is -2.12. The van der Waals surface area contributed by atoms with Crippen molar-refractivity contribution in [3.63, 3.8) is 0 Å². The number of fused-ring (bicyclic) bond motifs is 1. The average molecular weight is 358 g/mol. The van der Waals surface area contributed by atoms with Crippen molar-refractivity contribution in [2.75, 3.05) is 37.9 Å². The van der Waals surface area contributed by atoms with E-state index in [1.54, 1.807) is 20.4 Å². The van der Waals surface area contributed by atoms with Crippen LogP contribution in [-0.4, -0.2) is 32.3 Å². The minimum atomic E-state index is 0.686. The number of aromatic nitrogens is 1. The molecule has 0 spiro atoms. The lowest BCUT2D eigenvalue weighted by atomic mass is 10.2. The number of hydrogen-bond donors (Lipinski definition) is 2. The van der Waals surface area contributed by atoms with Crippen LogP contribution in [0.5, 0.6) is 11.5 Å². The maximum absolute atomic E-state index is 6.02. The molecule has 0 aliphatic carbocycles. The highest BCUT2D eigenvalue weighted by Gasteiger charge is 2.03. The summed E-state index contributed by atoms with van der Waals surface area (Å²) in [5, 5.41) is 8.53. The second-order valence-electron chi connectivity index (χ2n) is 5.47. The monoisotopic (exact) mass is 357 g/mol. The number of anilines is 2. The number of halogens is 1. The molecule has 0 unspecified atom stereocenters. The van der Waals surface area contributed by atoms with Gasteiger partial charge < -0.3 is 20.1 Å². The second kappa shape index (κ2) is 7.94. The van der Waals surface area contributed by atoms with Gasteiger partial charge in [0.25, 0.3) is 0 Å². The Morgan fingerprint density at radius 2 is 1.64 bits per heavy atom. The second-order valence-corrected chi connectivity index (χ2v) is 5.91. The molecule has 6 heteroatoms. The summed E-state index contributed by atoms with van der Waals surface area (Å²) >= 11 is 6.02. The third kappa shape index (κ3) is 4.25. The largest absolute Gasteiger partial charge is 0.497 e. The fraction of sp³-hybridized carbons (Fsp3) is 0.211. The van der Waals surface area contributed by atoms with E-state index in [1.807, 2.05) is 42.5 Å². The Morgan fingerprint density at radius 3 is 2.36 bits per heavy atom. The van der Waals surface area contributed by atoms with Gasteiger partial charge in [-0.05, 0) is 24.3 Å². The molecule has 0 saturated heterocycles. The minimum Gasteiger partial charge on any atom is -0.497 e. The maximum atomic E-state index is 6.02. The van der Waals surface area contributed by atoms with Gasteiger partial charge in [0.05, 0.1) is 19.7 Å². The molecule has 130 valence electrons. The third-order valence-corrected chi connectivity index (χ3v) is 4.06. The standard InChI is InChI=1S/C19H20ClN3O2/c1-24-15-10-14(11-16(12-15)25-2)21-7-8-23-18-5-6-22-19-9-13(20)3-4-17(18)19/h3-6,9-12,21H,7-8H2,1-2H3,(H,22,23). The molecular formula is C19H20ClN3O2. The Morgan fingerprint density at radius 1 is 0.920 bits per heavy atom. The van der Waals surface area contributed by atoms with Crippen LogP contribution in [-0.2, 0) is 0 Å². The molecule has 5 nitrogen and oxygen atoms in total. The molecular weight excluding hydrogens is 338 g/mol. The van der Waals surface area contributed by atoms with Crippen molar-refractivity contribution in [3.05, 3.63) is 53.7 Å². The van der Waals surface area contributed by atoms with E-state index in [0.29, 0.717) is 5.02 Å². The van der Waals surface area contributed by atoms with Crippen LogP contribution < -0.4 is 20.1 Å². The fourth-order valence-electron chi connectivity index (χ4n) is 2.59. The van der Waals surface area contributed by atoms with Gasteiger partial charge in [0.1, 0.15) is 11.5 Å². The van der Waals surface area contributed by atoms with Gasteiger partial charge in [-0.15, -0.1) is 0 Å². The van der Waals surface area contributed by atoms with E-state index >= 15 is 0 Å². The average Bonchev–Trinajstić information content (AvgIpc) is 2.64. The van der Waals surface area contributed by atoms with Crippen molar-refractivity contribution in [3.8, 4) is 11.5 Å². The molecule has 0 radical (unpaired) electrons. The molecule has 0 atom stereocenters. The van der Waals surface area contributed by atoms with Gasteiger partial charge in [-0.2, -0.15) is 0 Å². The molecule has 1 aromatic heterocycles. The number of rotatable bonds is 7. The van der Waals surface area contributed by atoms with E-state index in [1.165, 1.54) is 0 Å². The highest BCUT2D eigenvalue weighted by Crippen LogP contribution is 2.26. The lowest BCUT2D eigenvalue weighted by Crippen LogP contribution is -2.14. The zero-order valence-electron chi connectivity index (χ0n) is 14.2. The lowest BCUT2D eigenvalue weighted by molar-refractivity contribution is 0.394. The Hall–Kier alpha value is -2.66. The molecule has 2 aromatic carbocycles. The summed E-state index contributed by atoms with van der Waals surface area (Å²) in [6.07, 6.45) is 1.78. The van der Waals surface area contributed by atoms with E-state index in [2.05, 4.69) is 15.6 Å². The van der Waals surface area contributed by atoms with Gasteiger partial charge >= 0.3 is 0 Å². The van der Waals surface area contributed by atoms with Gasteiger partial charge in [0.15, 0.2) is 0 Å². The summed E-state index contributed by atoms with van der Waals surface area (Å²) in [7, 11) is 3.28. The molecule has 3 rings (SSSR count). The zero-order valence-corrected chi connectivity index (χ0v) is 14.9. The molecule has 0 saturated carbocycles. The Balaban J connectivity index is 1.62. The summed E-state index contributed by atoms with van der Waals surface area (Å²) in [5.74, 6) is 1.51. The normalized spacial score (nSPS) is 10.5. The number of pyridine rings is 1.